The van der Waals surface area contributed by atoms with Crippen LogP contribution in [0.1, 0.15) is 28.4 Å². The number of benzene rings is 2. The highest BCUT2D eigenvalue weighted by molar-refractivity contribution is 6.31. The van der Waals surface area contributed by atoms with Crippen molar-refractivity contribution in [2.24, 2.45) is 0 Å². The summed E-state index contributed by atoms with van der Waals surface area (Å²) in [5.41, 5.74) is 0.399. The molecule has 4 heteroatoms. The minimum atomic E-state index is -0.868. The van der Waals surface area contributed by atoms with E-state index in [1.165, 1.54) is 12.1 Å². The van der Waals surface area contributed by atoms with Gasteiger partial charge in [0, 0.05) is 10.6 Å². The molecule has 19 heavy (non-hydrogen) atoms. The van der Waals surface area contributed by atoms with Gasteiger partial charge in [-0.3, -0.25) is 4.79 Å². The molecule has 0 bridgehead atoms. The van der Waals surface area contributed by atoms with Crippen molar-refractivity contribution in [2.75, 3.05) is 0 Å². The number of ketones is 1. The van der Waals surface area contributed by atoms with Gasteiger partial charge in [-0.1, -0.05) is 30.7 Å². The fraction of sp³-hybridized carbons (Fsp3) is 0.133. The third-order valence-electron chi connectivity index (χ3n) is 2.89. The van der Waals surface area contributed by atoms with Gasteiger partial charge in [-0.05, 0) is 36.2 Å². The van der Waals surface area contributed by atoms with E-state index in [1.54, 1.807) is 12.1 Å². The Morgan fingerprint density at radius 3 is 2.37 bits per heavy atom. The first-order valence-electron chi connectivity index (χ1n) is 5.81. The van der Waals surface area contributed by atoms with Crippen LogP contribution in [0, 0.1) is 11.6 Å². The monoisotopic (exact) mass is 280 g/mol. The zero-order valence-corrected chi connectivity index (χ0v) is 11.0. The molecule has 1 nitrogen and oxygen atoms in total. The molecule has 2 aromatic carbocycles. The molecule has 0 radical (unpaired) electrons. The van der Waals surface area contributed by atoms with Gasteiger partial charge in [0.05, 0.1) is 5.56 Å². The lowest BCUT2D eigenvalue weighted by Crippen LogP contribution is -2.10. The zero-order valence-electron chi connectivity index (χ0n) is 10.2. The van der Waals surface area contributed by atoms with Crippen molar-refractivity contribution < 1.29 is 13.6 Å². The second kappa shape index (κ2) is 5.49. The molecule has 0 aliphatic carbocycles. The first-order chi connectivity index (χ1) is 9.04. The van der Waals surface area contributed by atoms with E-state index < -0.39 is 23.0 Å². The van der Waals surface area contributed by atoms with Crippen LogP contribution in [0.4, 0.5) is 8.78 Å². The van der Waals surface area contributed by atoms with Gasteiger partial charge in [0.2, 0.25) is 0 Å². The van der Waals surface area contributed by atoms with Crippen LogP contribution in [0.15, 0.2) is 36.4 Å². The predicted octanol–water partition coefficient (Wildman–Crippen LogP) is 4.41. The molecule has 0 spiro atoms. The van der Waals surface area contributed by atoms with Crippen molar-refractivity contribution in [2.45, 2.75) is 13.3 Å². The third kappa shape index (κ3) is 2.66. The molecule has 0 saturated heterocycles. The summed E-state index contributed by atoms with van der Waals surface area (Å²) in [4.78, 5) is 12.3. The molecule has 0 heterocycles. The van der Waals surface area contributed by atoms with E-state index >= 15 is 0 Å². The van der Waals surface area contributed by atoms with E-state index in [1.807, 2.05) is 6.92 Å². The Labute approximate surface area is 114 Å². The van der Waals surface area contributed by atoms with Crippen molar-refractivity contribution in [3.05, 3.63) is 69.7 Å². The highest BCUT2D eigenvalue weighted by atomic mass is 35.5. The lowest BCUT2D eigenvalue weighted by Gasteiger charge is -2.09. The Morgan fingerprint density at radius 2 is 1.79 bits per heavy atom. The second-order valence-electron chi connectivity index (χ2n) is 4.08. The maximum absolute atomic E-state index is 13.6. The number of hydrogen-bond acceptors (Lipinski definition) is 1. The highest BCUT2D eigenvalue weighted by Gasteiger charge is 2.20. The fourth-order valence-electron chi connectivity index (χ4n) is 1.92. The predicted molar refractivity (Wildman–Crippen MR) is 70.6 cm³/mol. The van der Waals surface area contributed by atoms with Gasteiger partial charge in [-0.25, -0.2) is 8.78 Å². The second-order valence-corrected chi connectivity index (χ2v) is 4.52. The SMILES string of the molecule is CCc1ccc(Cl)cc1C(=O)c1c(F)cccc1F. The summed E-state index contributed by atoms with van der Waals surface area (Å²) in [6.07, 6.45) is 0.578. The molecule has 2 rings (SSSR count). The molecule has 98 valence electrons. The number of carbonyl (C=O) groups is 1. The summed E-state index contributed by atoms with van der Waals surface area (Å²) in [7, 11) is 0. The van der Waals surface area contributed by atoms with Crippen LogP contribution >= 0.6 is 11.6 Å². The third-order valence-corrected chi connectivity index (χ3v) is 3.12. The van der Waals surface area contributed by atoms with Crippen molar-refractivity contribution in [1.29, 1.82) is 0 Å². The average molecular weight is 281 g/mol. The molecule has 0 unspecified atom stereocenters. The molecule has 0 N–H and O–H groups in total. The number of aryl methyl sites for hydroxylation is 1. The smallest absolute Gasteiger partial charge is 0.199 e. The molecule has 0 saturated carbocycles. The summed E-state index contributed by atoms with van der Waals surface area (Å²) in [5.74, 6) is -2.42. The lowest BCUT2D eigenvalue weighted by molar-refractivity contribution is 0.103. The normalized spacial score (nSPS) is 10.5. The van der Waals surface area contributed by atoms with E-state index in [0.717, 1.165) is 12.1 Å². The first kappa shape index (κ1) is 13.7. The molecule has 0 aliphatic rings. The van der Waals surface area contributed by atoms with E-state index in [9.17, 15) is 13.6 Å². The average Bonchev–Trinajstić information content (AvgIpc) is 2.38. The minimum Gasteiger partial charge on any atom is -0.288 e. The fourth-order valence-corrected chi connectivity index (χ4v) is 2.09. The van der Waals surface area contributed by atoms with E-state index in [2.05, 4.69) is 0 Å². The van der Waals surface area contributed by atoms with E-state index in [0.29, 0.717) is 17.0 Å². The molecule has 0 fully saturated rings. The molecular formula is C15H11ClF2O. The van der Waals surface area contributed by atoms with Crippen LogP contribution in [0.25, 0.3) is 0 Å². The topological polar surface area (TPSA) is 17.1 Å². The van der Waals surface area contributed by atoms with Gasteiger partial charge >= 0.3 is 0 Å². The van der Waals surface area contributed by atoms with Crippen LogP contribution in [-0.2, 0) is 6.42 Å². The maximum atomic E-state index is 13.6. The van der Waals surface area contributed by atoms with Gasteiger partial charge < -0.3 is 0 Å². The standard InChI is InChI=1S/C15H11ClF2O/c1-2-9-6-7-10(16)8-11(9)15(19)14-12(17)4-3-5-13(14)18/h3-8H,2H2,1H3. The van der Waals surface area contributed by atoms with Crippen molar-refractivity contribution in [3.8, 4) is 0 Å². The van der Waals surface area contributed by atoms with E-state index in [4.69, 9.17) is 11.6 Å². The zero-order chi connectivity index (χ0) is 14.0. The van der Waals surface area contributed by atoms with Crippen molar-refractivity contribution in [1.82, 2.24) is 0 Å². The number of carbonyl (C=O) groups excluding carboxylic acids is 1. The molecular weight excluding hydrogens is 270 g/mol. The van der Waals surface area contributed by atoms with Gasteiger partial charge in [0.25, 0.3) is 0 Å². The highest BCUT2D eigenvalue weighted by Crippen LogP contribution is 2.23. The Hall–Kier alpha value is -1.74. The van der Waals surface area contributed by atoms with Crippen LogP contribution in [0.5, 0.6) is 0 Å². The van der Waals surface area contributed by atoms with Gasteiger partial charge in [-0.2, -0.15) is 0 Å². The Kier molecular flexibility index (Phi) is 3.96. The molecule has 2 aromatic rings. The largest absolute Gasteiger partial charge is 0.288 e. The first-order valence-corrected chi connectivity index (χ1v) is 6.19. The quantitative estimate of drug-likeness (QED) is 0.761. The molecule has 0 amide bonds. The summed E-state index contributed by atoms with van der Waals surface area (Å²) in [6, 6.07) is 8.12. The van der Waals surface area contributed by atoms with E-state index in [-0.39, 0.29) is 5.56 Å². The van der Waals surface area contributed by atoms with Crippen LogP contribution in [-0.4, -0.2) is 5.78 Å². The Balaban J connectivity index is 2.59. The van der Waals surface area contributed by atoms with Crippen LogP contribution < -0.4 is 0 Å². The summed E-state index contributed by atoms with van der Waals surface area (Å²) >= 11 is 5.85. The van der Waals surface area contributed by atoms with Gasteiger partial charge in [-0.15, -0.1) is 0 Å². The maximum Gasteiger partial charge on any atom is 0.199 e. The number of rotatable bonds is 3. The van der Waals surface area contributed by atoms with Crippen molar-refractivity contribution in [3.63, 3.8) is 0 Å². The molecule has 0 aliphatic heterocycles. The summed E-state index contributed by atoms with van der Waals surface area (Å²) in [5, 5.41) is 0.359. The number of halogens is 3. The molecule has 0 aromatic heterocycles. The van der Waals surface area contributed by atoms with Crippen LogP contribution in [0.3, 0.4) is 0 Å². The van der Waals surface area contributed by atoms with Crippen molar-refractivity contribution >= 4 is 17.4 Å². The summed E-state index contributed by atoms with van der Waals surface area (Å²) in [6.45, 7) is 1.86. The number of hydrogen-bond donors (Lipinski definition) is 0. The summed E-state index contributed by atoms with van der Waals surface area (Å²) < 4.78 is 27.3. The Bertz CT molecular complexity index is 618. The minimum absolute atomic E-state index is 0.235. The van der Waals surface area contributed by atoms with Crippen LogP contribution in [0.2, 0.25) is 5.02 Å². The molecule has 0 atom stereocenters. The lowest BCUT2D eigenvalue weighted by atomic mass is 9.96. The van der Waals surface area contributed by atoms with Gasteiger partial charge in [0.15, 0.2) is 5.78 Å². The van der Waals surface area contributed by atoms with Gasteiger partial charge in [0.1, 0.15) is 11.6 Å². The Morgan fingerprint density at radius 1 is 1.16 bits per heavy atom.